The van der Waals surface area contributed by atoms with Gasteiger partial charge in [0.2, 0.25) is 5.91 Å². The number of benzene rings is 1. The molecule has 0 aliphatic heterocycles. The number of hydrogen-bond donors (Lipinski definition) is 1. The minimum atomic E-state index is -0.0905. The molecule has 2 rings (SSSR count). The first-order valence-electron chi connectivity index (χ1n) is 7.21. The monoisotopic (exact) mass is 351 g/mol. The largest absolute Gasteiger partial charge is 0.495 e. The van der Waals surface area contributed by atoms with E-state index in [1.165, 1.54) is 23.1 Å². The van der Waals surface area contributed by atoms with E-state index in [1.807, 2.05) is 25.1 Å². The Kier molecular flexibility index (Phi) is 5.64. The molecule has 0 atom stereocenters. The topological polar surface area (TPSA) is 64.1 Å². The molecular formula is C16H21N3O2S2. The number of nitrogens with zero attached hydrogens (tertiary/aromatic N) is 2. The summed E-state index contributed by atoms with van der Waals surface area (Å²) in [6.45, 7) is 8.29. The summed E-state index contributed by atoms with van der Waals surface area (Å²) in [7, 11) is 1.60. The van der Waals surface area contributed by atoms with E-state index in [1.54, 1.807) is 7.11 Å². The molecule has 1 aromatic carbocycles. The molecule has 0 bridgehead atoms. The molecule has 5 nitrogen and oxygen atoms in total. The van der Waals surface area contributed by atoms with Crippen LogP contribution < -0.4 is 10.1 Å². The summed E-state index contributed by atoms with van der Waals surface area (Å²) in [4.78, 5) is 12.2. The maximum atomic E-state index is 12.2. The van der Waals surface area contributed by atoms with Crippen molar-refractivity contribution < 1.29 is 9.53 Å². The predicted molar refractivity (Wildman–Crippen MR) is 95.7 cm³/mol. The van der Waals surface area contributed by atoms with Crippen molar-refractivity contribution in [1.29, 1.82) is 0 Å². The lowest BCUT2D eigenvalue weighted by Gasteiger charge is -2.21. The molecule has 23 heavy (non-hydrogen) atoms. The van der Waals surface area contributed by atoms with Crippen molar-refractivity contribution in [2.75, 3.05) is 18.2 Å². The van der Waals surface area contributed by atoms with Gasteiger partial charge in [-0.05, 0) is 30.0 Å². The van der Waals surface area contributed by atoms with E-state index in [9.17, 15) is 4.79 Å². The van der Waals surface area contributed by atoms with Crippen molar-refractivity contribution in [2.24, 2.45) is 0 Å². The van der Waals surface area contributed by atoms with Gasteiger partial charge in [-0.1, -0.05) is 49.9 Å². The maximum absolute atomic E-state index is 12.2. The van der Waals surface area contributed by atoms with Crippen LogP contribution in [0, 0.1) is 6.92 Å². The van der Waals surface area contributed by atoms with Crippen molar-refractivity contribution in [3.63, 3.8) is 0 Å². The Morgan fingerprint density at radius 2 is 2.09 bits per heavy atom. The Hall–Kier alpha value is -1.60. The van der Waals surface area contributed by atoms with Gasteiger partial charge in [0.1, 0.15) is 10.8 Å². The zero-order chi connectivity index (χ0) is 17.0. The molecule has 0 aliphatic rings. The first-order valence-corrected chi connectivity index (χ1v) is 9.01. The number of aromatic nitrogens is 2. The third-order valence-electron chi connectivity index (χ3n) is 3.17. The van der Waals surface area contributed by atoms with Crippen molar-refractivity contribution in [3.8, 4) is 5.75 Å². The van der Waals surface area contributed by atoms with Gasteiger partial charge in [0, 0.05) is 0 Å². The molecule has 7 heteroatoms. The zero-order valence-electron chi connectivity index (χ0n) is 14.0. The molecule has 0 radical (unpaired) electrons. The molecule has 0 spiro atoms. The van der Waals surface area contributed by atoms with Gasteiger partial charge in [-0.15, -0.1) is 10.2 Å². The summed E-state index contributed by atoms with van der Waals surface area (Å²) in [5.41, 5.74) is 1.84. The fourth-order valence-corrected chi connectivity index (χ4v) is 3.54. The van der Waals surface area contributed by atoms with Gasteiger partial charge in [-0.3, -0.25) is 4.79 Å². The molecular weight excluding hydrogens is 330 g/mol. The van der Waals surface area contributed by atoms with Crippen LogP contribution in [0.4, 0.5) is 5.69 Å². The number of nitrogens with one attached hydrogen (secondary N) is 1. The average molecular weight is 351 g/mol. The van der Waals surface area contributed by atoms with Gasteiger partial charge in [0.05, 0.1) is 18.6 Å². The number of ether oxygens (including phenoxy) is 1. The highest BCUT2D eigenvalue weighted by atomic mass is 32.2. The first-order chi connectivity index (χ1) is 10.8. The van der Waals surface area contributed by atoms with Crippen LogP contribution in [0.25, 0.3) is 0 Å². The van der Waals surface area contributed by atoms with Crippen LogP contribution >= 0.6 is 23.1 Å². The Balaban J connectivity index is 2.06. The summed E-state index contributed by atoms with van der Waals surface area (Å²) < 4.78 is 6.14. The SMILES string of the molecule is COc1ccc(C(C)(C)C)cc1NC(=O)CSc1nnc(C)s1. The van der Waals surface area contributed by atoms with Crippen LogP contribution in [0.3, 0.4) is 0 Å². The maximum Gasteiger partial charge on any atom is 0.234 e. The molecule has 0 unspecified atom stereocenters. The van der Waals surface area contributed by atoms with Crippen molar-refractivity contribution >= 4 is 34.7 Å². The second kappa shape index (κ2) is 7.31. The third-order valence-corrected chi connectivity index (χ3v) is 5.15. The standard InChI is InChI=1S/C16H21N3O2S2/c1-10-18-19-15(23-10)22-9-14(20)17-12-8-11(16(2,3)4)6-7-13(12)21-5/h6-8H,9H2,1-5H3,(H,17,20). The molecule has 1 aromatic heterocycles. The number of thioether (sulfide) groups is 1. The lowest BCUT2D eigenvalue weighted by Crippen LogP contribution is -2.16. The Labute approximate surface area is 144 Å². The lowest BCUT2D eigenvalue weighted by atomic mass is 9.87. The number of aryl methyl sites for hydroxylation is 1. The molecule has 1 amide bonds. The fourth-order valence-electron chi connectivity index (χ4n) is 1.92. The minimum Gasteiger partial charge on any atom is -0.495 e. The average Bonchev–Trinajstić information content (AvgIpc) is 2.90. The Morgan fingerprint density at radius 3 is 2.65 bits per heavy atom. The molecule has 1 heterocycles. The molecule has 0 saturated heterocycles. The highest BCUT2D eigenvalue weighted by Crippen LogP contribution is 2.31. The van der Waals surface area contributed by atoms with Crippen molar-refractivity contribution in [3.05, 3.63) is 28.8 Å². The second-order valence-electron chi connectivity index (χ2n) is 6.09. The number of carbonyl (C=O) groups is 1. The summed E-state index contributed by atoms with van der Waals surface area (Å²) in [5, 5.41) is 11.8. The molecule has 2 aromatic rings. The van der Waals surface area contributed by atoms with E-state index in [-0.39, 0.29) is 17.1 Å². The number of methoxy groups -OCH3 is 1. The van der Waals surface area contributed by atoms with E-state index in [4.69, 9.17) is 4.74 Å². The summed E-state index contributed by atoms with van der Waals surface area (Å²) in [6.07, 6.45) is 0. The van der Waals surface area contributed by atoms with Gasteiger partial charge in [-0.25, -0.2) is 0 Å². The van der Waals surface area contributed by atoms with E-state index >= 15 is 0 Å². The summed E-state index contributed by atoms with van der Waals surface area (Å²) >= 11 is 2.87. The van der Waals surface area contributed by atoms with Gasteiger partial charge in [0.25, 0.3) is 0 Å². The summed E-state index contributed by atoms with van der Waals surface area (Å²) in [6, 6.07) is 5.88. The quantitative estimate of drug-likeness (QED) is 0.828. The predicted octanol–water partition coefficient (Wildman–Crippen LogP) is 3.88. The van der Waals surface area contributed by atoms with Crippen LogP contribution in [-0.4, -0.2) is 29.0 Å². The molecule has 124 valence electrons. The van der Waals surface area contributed by atoms with E-state index < -0.39 is 0 Å². The lowest BCUT2D eigenvalue weighted by molar-refractivity contribution is -0.113. The van der Waals surface area contributed by atoms with Crippen molar-refractivity contribution in [1.82, 2.24) is 10.2 Å². The number of rotatable bonds is 5. The van der Waals surface area contributed by atoms with Crippen molar-refractivity contribution in [2.45, 2.75) is 37.4 Å². The van der Waals surface area contributed by atoms with Gasteiger partial charge >= 0.3 is 0 Å². The molecule has 0 aliphatic carbocycles. The molecule has 1 N–H and O–H groups in total. The summed E-state index contributed by atoms with van der Waals surface area (Å²) in [5.74, 6) is 0.854. The highest BCUT2D eigenvalue weighted by Gasteiger charge is 2.17. The number of hydrogen-bond acceptors (Lipinski definition) is 6. The Morgan fingerprint density at radius 1 is 1.35 bits per heavy atom. The highest BCUT2D eigenvalue weighted by molar-refractivity contribution is 8.01. The fraction of sp³-hybridized carbons (Fsp3) is 0.438. The van der Waals surface area contributed by atoms with Crippen LogP contribution in [0.2, 0.25) is 0 Å². The molecule has 0 saturated carbocycles. The van der Waals surface area contributed by atoms with Gasteiger partial charge in [0.15, 0.2) is 4.34 Å². The third kappa shape index (κ3) is 4.94. The first kappa shape index (κ1) is 17.7. The molecule has 0 fully saturated rings. The normalized spacial score (nSPS) is 11.3. The van der Waals surface area contributed by atoms with Crippen LogP contribution in [-0.2, 0) is 10.2 Å². The zero-order valence-corrected chi connectivity index (χ0v) is 15.6. The minimum absolute atomic E-state index is 0.00455. The number of amides is 1. The Bertz CT molecular complexity index is 693. The number of anilines is 1. The van der Waals surface area contributed by atoms with E-state index in [0.717, 1.165) is 14.9 Å². The van der Waals surface area contributed by atoms with Crippen LogP contribution in [0.1, 0.15) is 31.3 Å². The second-order valence-corrected chi connectivity index (χ2v) is 8.49. The van der Waals surface area contributed by atoms with Crippen LogP contribution in [0.5, 0.6) is 5.75 Å². The smallest absolute Gasteiger partial charge is 0.234 e. The van der Waals surface area contributed by atoms with E-state index in [0.29, 0.717) is 11.4 Å². The van der Waals surface area contributed by atoms with Gasteiger partial charge < -0.3 is 10.1 Å². The van der Waals surface area contributed by atoms with E-state index in [2.05, 4.69) is 36.3 Å². The van der Waals surface area contributed by atoms with Crippen LogP contribution in [0.15, 0.2) is 22.5 Å². The number of carbonyl (C=O) groups excluding carboxylic acids is 1. The van der Waals surface area contributed by atoms with Gasteiger partial charge in [-0.2, -0.15) is 0 Å².